The summed E-state index contributed by atoms with van der Waals surface area (Å²) in [5, 5.41) is 8.79. The number of rotatable bonds is 3. The Kier molecular flexibility index (Phi) is 3.34. The summed E-state index contributed by atoms with van der Waals surface area (Å²) in [6, 6.07) is 0. The summed E-state index contributed by atoms with van der Waals surface area (Å²) in [5.41, 5.74) is 0. The van der Waals surface area contributed by atoms with E-state index >= 15 is 0 Å². The van der Waals surface area contributed by atoms with Crippen LogP contribution < -0.4 is 0 Å². The van der Waals surface area contributed by atoms with E-state index in [1.165, 1.54) is 12.8 Å². The molecule has 0 saturated heterocycles. The van der Waals surface area contributed by atoms with Crippen LogP contribution in [0.1, 0.15) is 40.0 Å². The third-order valence-electron chi connectivity index (χ3n) is 3.50. The van der Waals surface area contributed by atoms with Crippen molar-refractivity contribution >= 4 is 5.97 Å². The first-order valence-corrected chi connectivity index (χ1v) is 5.24. The number of hydrogen-bond donors (Lipinski definition) is 1. The predicted octanol–water partition coefficient (Wildman–Crippen LogP) is 2.78. The zero-order valence-electron chi connectivity index (χ0n) is 8.79. The molecular formula is C11H20O2. The fourth-order valence-electron chi connectivity index (χ4n) is 2.69. The average Bonchev–Trinajstić information content (AvgIpc) is 2.32. The monoisotopic (exact) mass is 184 g/mol. The number of carboxylic acids is 1. The van der Waals surface area contributed by atoms with Crippen molar-refractivity contribution in [2.24, 2.45) is 23.7 Å². The molecule has 0 amide bonds. The van der Waals surface area contributed by atoms with Crippen molar-refractivity contribution in [2.75, 3.05) is 0 Å². The lowest BCUT2D eigenvalue weighted by molar-refractivity contribution is -0.138. The predicted molar refractivity (Wildman–Crippen MR) is 52.5 cm³/mol. The fourth-order valence-corrected chi connectivity index (χ4v) is 2.69. The minimum atomic E-state index is -0.635. The van der Waals surface area contributed by atoms with Gasteiger partial charge in [-0.25, -0.2) is 0 Å². The molecule has 3 unspecified atom stereocenters. The van der Waals surface area contributed by atoms with Gasteiger partial charge < -0.3 is 5.11 Å². The van der Waals surface area contributed by atoms with Crippen LogP contribution in [0, 0.1) is 23.7 Å². The van der Waals surface area contributed by atoms with Gasteiger partial charge in [0.15, 0.2) is 0 Å². The van der Waals surface area contributed by atoms with Gasteiger partial charge in [0.05, 0.1) is 0 Å². The quantitative estimate of drug-likeness (QED) is 0.732. The van der Waals surface area contributed by atoms with Crippen LogP contribution in [0.2, 0.25) is 0 Å². The third kappa shape index (κ3) is 2.45. The van der Waals surface area contributed by atoms with E-state index in [4.69, 9.17) is 5.11 Å². The first-order valence-electron chi connectivity index (χ1n) is 5.24. The van der Waals surface area contributed by atoms with E-state index in [9.17, 15) is 4.79 Å². The van der Waals surface area contributed by atoms with Gasteiger partial charge in [0.2, 0.25) is 0 Å². The van der Waals surface area contributed by atoms with E-state index in [-0.39, 0.29) is 0 Å². The van der Waals surface area contributed by atoms with Crippen molar-refractivity contribution in [1.29, 1.82) is 0 Å². The molecule has 1 aliphatic rings. The van der Waals surface area contributed by atoms with Crippen LogP contribution in [0.3, 0.4) is 0 Å². The molecule has 3 atom stereocenters. The largest absolute Gasteiger partial charge is 0.481 e. The second-order valence-electron chi connectivity index (χ2n) is 4.72. The number of hydrogen-bond acceptors (Lipinski definition) is 1. The third-order valence-corrected chi connectivity index (χ3v) is 3.50. The Labute approximate surface area is 80.3 Å². The zero-order valence-corrected chi connectivity index (χ0v) is 8.79. The van der Waals surface area contributed by atoms with Crippen LogP contribution in [0.25, 0.3) is 0 Å². The molecule has 0 aliphatic heterocycles. The van der Waals surface area contributed by atoms with Gasteiger partial charge in [0.25, 0.3) is 0 Å². The van der Waals surface area contributed by atoms with Gasteiger partial charge in [-0.2, -0.15) is 0 Å². The summed E-state index contributed by atoms with van der Waals surface area (Å²) >= 11 is 0. The SMILES string of the molecule is CC(C)C1CCC(C)C1CC(=O)O. The molecule has 1 saturated carbocycles. The van der Waals surface area contributed by atoms with Crippen molar-refractivity contribution in [3.05, 3.63) is 0 Å². The summed E-state index contributed by atoms with van der Waals surface area (Å²) in [6.45, 7) is 6.60. The molecule has 13 heavy (non-hydrogen) atoms. The molecule has 0 bridgehead atoms. The molecule has 0 radical (unpaired) electrons. The summed E-state index contributed by atoms with van der Waals surface area (Å²) in [5.74, 6) is 1.64. The normalized spacial score (nSPS) is 34.0. The molecule has 0 aromatic rings. The van der Waals surface area contributed by atoms with Crippen molar-refractivity contribution in [3.63, 3.8) is 0 Å². The summed E-state index contributed by atoms with van der Waals surface area (Å²) in [7, 11) is 0. The van der Waals surface area contributed by atoms with Crippen LogP contribution in [-0.4, -0.2) is 11.1 Å². The van der Waals surface area contributed by atoms with E-state index < -0.39 is 5.97 Å². The van der Waals surface area contributed by atoms with Gasteiger partial charge in [0.1, 0.15) is 0 Å². The van der Waals surface area contributed by atoms with Crippen LogP contribution in [-0.2, 0) is 4.79 Å². The lowest BCUT2D eigenvalue weighted by Crippen LogP contribution is -2.21. The molecule has 1 N–H and O–H groups in total. The van der Waals surface area contributed by atoms with Gasteiger partial charge in [-0.05, 0) is 30.1 Å². The molecule has 0 spiro atoms. The van der Waals surface area contributed by atoms with Gasteiger partial charge in [-0.1, -0.05) is 27.2 Å². The fraction of sp³-hybridized carbons (Fsp3) is 0.909. The Morgan fingerprint density at radius 3 is 2.54 bits per heavy atom. The highest BCUT2D eigenvalue weighted by Gasteiger charge is 2.36. The molecule has 0 aromatic heterocycles. The average molecular weight is 184 g/mol. The van der Waals surface area contributed by atoms with Gasteiger partial charge in [0, 0.05) is 6.42 Å². The van der Waals surface area contributed by atoms with E-state index in [0.29, 0.717) is 30.1 Å². The molecule has 1 fully saturated rings. The van der Waals surface area contributed by atoms with Crippen LogP contribution in [0.4, 0.5) is 0 Å². The standard InChI is InChI=1S/C11H20O2/c1-7(2)9-5-4-8(3)10(9)6-11(12)13/h7-10H,4-6H2,1-3H3,(H,12,13). The van der Waals surface area contributed by atoms with Crippen molar-refractivity contribution < 1.29 is 9.90 Å². The Morgan fingerprint density at radius 2 is 2.08 bits per heavy atom. The maximum atomic E-state index is 10.7. The maximum Gasteiger partial charge on any atom is 0.303 e. The van der Waals surface area contributed by atoms with E-state index in [1.54, 1.807) is 0 Å². The van der Waals surface area contributed by atoms with Crippen molar-refractivity contribution in [2.45, 2.75) is 40.0 Å². The van der Waals surface area contributed by atoms with Crippen LogP contribution in [0.15, 0.2) is 0 Å². The van der Waals surface area contributed by atoms with Crippen LogP contribution in [0.5, 0.6) is 0 Å². The maximum absolute atomic E-state index is 10.7. The molecule has 1 rings (SSSR count). The van der Waals surface area contributed by atoms with Crippen molar-refractivity contribution in [1.82, 2.24) is 0 Å². The Morgan fingerprint density at radius 1 is 1.46 bits per heavy atom. The second kappa shape index (κ2) is 4.12. The van der Waals surface area contributed by atoms with Gasteiger partial charge in [-0.15, -0.1) is 0 Å². The molecule has 0 heterocycles. The van der Waals surface area contributed by atoms with E-state index in [1.807, 2.05) is 0 Å². The summed E-state index contributed by atoms with van der Waals surface area (Å²) < 4.78 is 0. The smallest absolute Gasteiger partial charge is 0.303 e. The first kappa shape index (κ1) is 10.6. The summed E-state index contributed by atoms with van der Waals surface area (Å²) in [6.07, 6.45) is 2.79. The molecule has 2 nitrogen and oxygen atoms in total. The Bertz CT molecular complexity index is 187. The Balaban J connectivity index is 2.60. The lowest BCUT2D eigenvalue weighted by Gasteiger charge is -2.24. The van der Waals surface area contributed by atoms with Crippen LogP contribution >= 0.6 is 0 Å². The number of aliphatic carboxylic acids is 1. The van der Waals surface area contributed by atoms with Gasteiger partial charge in [-0.3, -0.25) is 4.79 Å². The highest BCUT2D eigenvalue weighted by atomic mass is 16.4. The minimum Gasteiger partial charge on any atom is -0.481 e. The highest BCUT2D eigenvalue weighted by molar-refractivity contribution is 5.67. The summed E-state index contributed by atoms with van der Waals surface area (Å²) in [4.78, 5) is 10.7. The minimum absolute atomic E-state index is 0.365. The first-order chi connectivity index (χ1) is 6.02. The molecule has 76 valence electrons. The molecule has 1 aliphatic carbocycles. The second-order valence-corrected chi connectivity index (χ2v) is 4.72. The number of carbonyl (C=O) groups is 1. The highest BCUT2D eigenvalue weighted by Crippen LogP contribution is 2.42. The molecule has 2 heteroatoms. The van der Waals surface area contributed by atoms with E-state index in [0.717, 1.165) is 0 Å². The topological polar surface area (TPSA) is 37.3 Å². The Hall–Kier alpha value is -0.530. The zero-order chi connectivity index (χ0) is 10.0. The van der Waals surface area contributed by atoms with Gasteiger partial charge >= 0.3 is 5.97 Å². The number of carboxylic acid groups (broad SMARTS) is 1. The lowest BCUT2D eigenvalue weighted by atomic mass is 9.81. The van der Waals surface area contributed by atoms with E-state index in [2.05, 4.69) is 20.8 Å². The molecular weight excluding hydrogens is 164 g/mol. The molecule has 0 aromatic carbocycles. The van der Waals surface area contributed by atoms with Crippen molar-refractivity contribution in [3.8, 4) is 0 Å².